The number of imide groups is 1. The molecule has 1 saturated heterocycles. The van der Waals surface area contributed by atoms with Gasteiger partial charge >= 0.3 is 0 Å². The van der Waals surface area contributed by atoms with Gasteiger partial charge in [-0.25, -0.2) is 0 Å². The normalized spacial score (nSPS) is 22.8. The Morgan fingerprint density at radius 1 is 0.844 bits per heavy atom. The van der Waals surface area contributed by atoms with Gasteiger partial charge in [0.25, 0.3) is 11.8 Å². The molecule has 4 rings (SSSR count). The predicted molar refractivity (Wildman–Crippen MR) is 128 cm³/mol. The highest BCUT2D eigenvalue weighted by Gasteiger charge is 2.53. The van der Waals surface area contributed by atoms with Crippen LogP contribution in [0, 0.1) is 5.92 Å². The Balaban J connectivity index is 1.64. The minimum atomic E-state index is -0.549. The van der Waals surface area contributed by atoms with Crippen LogP contribution in [0.5, 0.6) is 0 Å². The van der Waals surface area contributed by atoms with Gasteiger partial charge in [-0.15, -0.1) is 0 Å². The quantitative estimate of drug-likeness (QED) is 0.571. The predicted octanol–water partition coefficient (Wildman–Crippen LogP) is 5.42. The van der Waals surface area contributed by atoms with Crippen molar-refractivity contribution in [2.75, 3.05) is 6.54 Å². The van der Waals surface area contributed by atoms with E-state index in [2.05, 4.69) is 0 Å². The number of hydrogen-bond acceptors (Lipinski definition) is 6. The SMILES string of the molecule is CC1(C)CC(CN2C(=O)C(Sc3ccccc3)=C(Sc3ccccc3)C2=O)C(C)(C)N1O. The lowest BCUT2D eigenvalue weighted by Gasteiger charge is -2.36. The first-order valence-corrected chi connectivity index (χ1v) is 12.3. The average molecular weight is 469 g/mol. The summed E-state index contributed by atoms with van der Waals surface area (Å²) in [6.45, 7) is 8.17. The molecule has 32 heavy (non-hydrogen) atoms. The van der Waals surface area contributed by atoms with Gasteiger partial charge in [-0.05, 0) is 64.3 Å². The number of hydroxylamine groups is 2. The molecule has 1 N–H and O–H groups in total. The number of thioether (sulfide) groups is 2. The molecule has 0 aliphatic carbocycles. The van der Waals surface area contributed by atoms with Crippen molar-refractivity contribution < 1.29 is 14.8 Å². The summed E-state index contributed by atoms with van der Waals surface area (Å²) in [6.07, 6.45) is 0.690. The Morgan fingerprint density at radius 3 is 1.66 bits per heavy atom. The van der Waals surface area contributed by atoms with Crippen LogP contribution in [0.15, 0.2) is 80.3 Å². The van der Waals surface area contributed by atoms with Gasteiger partial charge < -0.3 is 5.21 Å². The first kappa shape index (κ1) is 23.1. The summed E-state index contributed by atoms with van der Waals surface area (Å²) >= 11 is 2.68. The summed E-state index contributed by atoms with van der Waals surface area (Å²) in [4.78, 5) is 31.1. The molecule has 2 amide bonds. The monoisotopic (exact) mass is 468 g/mol. The van der Waals surface area contributed by atoms with Gasteiger partial charge in [-0.1, -0.05) is 59.9 Å². The Kier molecular flexibility index (Phi) is 6.29. The number of benzene rings is 2. The molecule has 2 aliphatic rings. The van der Waals surface area contributed by atoms with Crippen LogP contribution in [0.25, 0.3) is 0 Å². The van der Waals surface area contributed by atoms with Gasteiger partial charge in [-0.2, -0.15) is 5.06 Å². The van der Waals surface area contributed by atoms with Crippen molar-refractivity contribution in [3.63, 3.8) is 0 Å². The first-order valence-electron chi connectivity index (χ1n) is 10.7. The summed E-state index contributed by atoms with van der Waals surface area (Å²) in [5, 5.41) is 12.1. The lowest BCUT2D eigenvalue weighted by molar-refractivity contribution is -0.197. The van der Waals surface area contributed by atoms with E-state index in [1.807, 2.05) is 88.4 Å². The zero-order chi connectivity index (χ0) is 23.1. The van der Waals surface area contributed by atoms with E-state index in [9.17, 15) is 14.8 Å². The van der Waals surface area contributed by atoms with Crippen LogP contribution in [-0.4, -0.2) is 44.6 Å². The summed E-state index contributed by atoms with van der Waals surface area (Å²) in [5.74, 6) is -0.556. The number of carbonyl (C=O) groups excluding carboxylic acids is 2. The summed E-state index contributed by atoms with van der Waals surface area (Å²) in [6, 6.07) is 19.3. The van der Waals surface area contributed by atoms with Gasteiger partial charge in [0.1, 0.15) is 0 Å². The highest BCUT2D eigenvalue weighted by Crippen LogP contribution is 2.47. The Bertz CT molecular complexity index is 988. The number of rotatable bonds is 6. The Hall–Kier alpha value is -2.06. The number of nitrogens with zero attached hydrogens (tertiary/aromatic N) is 2. The van der Waals surface area contributed by atoms with Gasteiger partial charge in [0.2, 0.25) is 0 Å². The van der Waals surface area contributed by atoms with E-state index in [0.717, 1.165) is 9.79 Å². The molecule has 2 aliphatic heterocycles. The maximum absolute atomic E-state index is 13.5. The molecule has 0 aromatic heterocycles. The van der Waals surface area contributed by atoms with E-state index in [1.165, 1.54) is 33.5 Å². The fraction of sp³-hybridized carbons (Fsp3) is 0.360. The fourth-order valence-corrected chi connectivity index (χ4v) is 6.55. The van der Waals surface area contributed by atoms with Crippen molar-refractivity contribution in [2.45, 2.75) is 55.0 Å². The lowest BCUT2D eigenvalue weighted by Crippen LogP contribution is -2.49. The topological polar surface area (TPSA) is 60.9 Å². The van der Waals surface area contributed by atoms with Crippen LogP contribution in [-0.2, 0) is 9.59 Å². The highest BCUT2D eigenvalue weighted by molar-refractivity contribution is 8.08. The minimum Gasteiger partial charge on any atom is -0.313 e. The smallest absolute Gasteiger partial charge is 0.268 e. The van der Waals surface area contributed by atoms with Crippen molar-refractivity contribution in [1.29, 1.82) is 0 Å². The minimum absolute atomic E-state index is 0.0422. The van der Waals surface area contributed by atoms with Crippen molar-refractivity contribution in [1.82, 2.24) is 9.96 Å². The number of carbonyl (C=O) groups is 2. The Morgan fingerprint density at radius 2 is 1.28 bits per heavy atom. The molecule has 0 bridgehead atoms. The van der Waals surface area contributed by atoms with Gasteiger partial charge in [-0.3, -0.25) is 14.5 Å². The molecule has 2 heterocycles. The van der Waals surface area contributed by atoms with E-state index in [4.69, 9.17) is 0 Å². The van der Waals surface area contributed by atoms with Crippen molar-refractivity contribution in [3.8, 4) is 0 Å². The summed E-state index contributed by atoms with van der Waals surface area (Å²) in [5.41, 5.74) is -0.969. The van der Waals surface area contributed by atoms with Gasteiger partial charge in [0.15, 0.2) is 0 Å². The van der Waals surface area contributed by atoms with Crippen LogP contribution in [0.1, 0.15) is 34.1 Å². The second-order valence-electron chi connectivity index (χ2n) is 9.39. The van der Waals surface area contributed by atoms with E-state index in [0.29, 0.717) is 16.2 Å². The Labute approximate surface area is 197 Å². The third-order valence-electron chi connectivity index (χ3n) is 6.28. The van der Waals surface area contributed by atoms with E-state index in [-0.39, 0.29) is 24.3 Å². The van der Waals surface area contributed by atoms with Crippen LogP contribution in [0.4, 0.5) is 0 Å². The molecule has 1 fully saturated rings. The third kappa shape index (κ3) is 4.27. The molecule has 7 heteroatoms. The van der Waals surface area contributed by atoms with Crippen molar-refractivity contribution in [2.24, 2.45) is 5.92 Å². The summed E-state index contributed by atoms with van der Waals surface area (Å²) < 4.78 is 0. The van der Waals surface area contributed by atoms with Crippen LogP contribution in [0.2, 0.25) is 0 Å². The van der Waals surface area contributed by atoms with Gasteiger partial charge in [0.05, 0.1) is 9.81 Å². The highest BCUT2D eigenvalue weighted by atomic mass is 32.2. The van der Waals surface area contributed by atoms with E-state index < -0.39 is 11.1 Å². The fourth-order valence-electron chi connectivity index (χ4n) is 4.49. The molecule has 2 aromatic rings. The van der Waals surface area contributed by atoms with Crippen LogP contribution < -0.4 is 0 Å². The van der Waals surface area contributed by atoms with Gasteiger partial charge in [0, 0.05) is 27.4 Å². The molecule has 5 nitrogen and oxygen atoms in total. The standard InChI is InChI=1S/C25H28N2O3S2/c1-24(2)15-17(25(3,4)27(24)30)16-26-22(28)20(31-18-11-7-5-8-12-18)21(23(26)29)32-19-13-9-6-10-14-19/h5-14,17,30H,15-16H2,1-4H3. The van der Waals surface area contributed by atoms with Crippen molar-refractivity contribution in [3.05, 3.63) is 70.5 Å². The second-order valence-corrected chi connectivity index (χ2v) is 11.6. The molecule has 0 radical (unpaired) electrons. The zero-order valence-electron chi connectivity index (χ0n) is 18.7. The average Bonchev–Trinajstić information content (AvgIpc) is 3.07. The molecule has 1 unspecified atom stereocenters. The van der Waals surface area contributed by atoms with E-state index >= 15 is 0 Å². The number of hydrogen-bond donors (Lipinski definition) is 1. The van der Waals surface area contributed by atoms with Crippen LogP contribution >= 0.6 is 23.5 Å². The second kappa shape index (κ2) is 8.71. The maximum atomic E-state index is 13.5. The zero-order valence-corrected chi connectivity index (χ0v) is 20.4. The van der Waals surface area contributed by atoms with Crippen LogP contribution in [0.3, 0.4) is 0 Å². The molecule has 0 spiro atoms. The molecular formula is C25H28N2O3S2. The molecule has 0 saturated carbocycles. The largest absolute Gasteiger partial charge is 0.313 e. The molecular weight excluding hydrogens is 440 g/mol. The molecule has 168 valence electrons. The summed E-state index contributed by atoms with van der Waals surface area (Å²) in [7, 11) is 0. The lowest BCUT2D eigenvalue weighted by atomic mass is 9.86. The first-order chi connectivity index (χ1) is 15.1. The molecule has 1 atom stereocenters. The molecule has 2 aromatic carbocycles. The number of amides is 2. The van der Waals surface area contributed by atoms with Crippen molar-refractivity contribution >= 4 is 35.3 Å². The third-order valence-corrected chi connectivity index (χ3v) is 8.59. The maximum Gasteiger partial charge on any atom is 0.268 e. The van der Waals surface area contributed by atoms with E-state index in [1.54, 1.807) is 0 Å².